The highest BCUT2D eigenvalue weighted by atomic mass is 16.2. The number of rotatable bonds is 4. The minimum Gasteiger partial charge on any atom is -0.330 e. The molecular formula is C20H20N6O. The van der Waals surface area contributed by atoms with Crippen LogP contribution in [0.4, 0.5) is 11.6 Å². The Morgan fingerprint density at radius 3 is 2.78 bits per heavy atom. The Kier molecular flexibility index (Phi) is 4.74. The van der Waals surface area contributed by atoms with Crippen LogP contribution in [0.1, 0.15) is 40.8 Å². The Bertz CT molecular complexity index is 932. The number of anilines is 2. The molecule has 4 rings (SSSR count). The molecule has 7 heteroatoms. The van der Waals surface area contributed by atoms with Gasteiger partial charge in [-0.2, -0.15) is 0 Å². The van der Waals surface area contributed by atoms with Gasteiger partial charge in [0, 0.05) is 30.6 Å². The highest BCUT2D eigenvalue weighted by molar-refractivity contribution is 5.94. The summed E-state index contributed by atoms with van der Waals surface area (Å²) in [5.74, 6) is 1.96. The number of hydrogen-bond acceptors (Lipinski definition) is 6. The monoisotopic (exact) mass is 360 g/mol. The number of likely N-dealkylation sites (tertiary alicyclic amines) is 1. The number of carbonyl (C=O) groups is 1. The molecule has 3 heterocycles. The van der Waals surface area contributed by atoms with E-state index in [-0.39, 0.29) is 11.9 Å². The van der Waals surface area contributed by atoms with Crippen molar-refractivity contribution in [2.45, 2.75) is 25.8 Å². The van der Waals surface area contributed by atoms with Crippen LogP contribution in [0.2, 0.25) is 0 Å². The first kappa shape index (κ1) is 17.1. The van der Waals surface area contributed by atoms with Crippen molar-refractivity contribution in [1.29, 1.82) is 0 Å². The number of amides is 1. The van der Waals surface area contributed by atoms with Gasteiger partial charge in [-0.3, -0.25) is 9.78 Å². The Hall–Kier alpha value is -3.35. The quantitative estimate of drug-likeness (QED) is 0.768. The Morgan fingerprint density at radius 1 is 1.15 bits per heavy atom. The number of carbonyl (C=O) groups excluding carboxylic acids is 1. The zero-order valence-electron chi connectivity index (χ0n) is 15.0. The molecular weight excluding hydrogens is 340 g/mol. The topological polar surface area (TPSA) is 83.9 Å². The predicted octanol–water partition coefficient (Wildman–Crippen LogP) is 3.30. The van der Waals surface area contributed by atoms with Crippen LogP contribution in [0.3, 0.4) is 0 Å². The van der Waals surface area contributed by atoms with Crippen LogP contribution in [0.15, 0.2) is 55.0 Å². The van der Waals surface area contributed by atoms with E-state index in [9.17, 15) is 4.79 Å². The highest BCUT2D eigenvalue weighted by Gasteiger charge is 2.32. The van der Waals surface area contributed by atoms with Gasteiger partial charge >= 0.3 is 0 Å². The fourth-order valence-corrected chi connectivity index (χ4v) is 3.38. The van der Waals surface area contributed by atoms with E-state index in [0.29, 0.717) is 23.0 Å². The first-order valence-electron chi connectivity index (χ1n) is 8.95. The van der Waals surface area contributed by atoms with Crippen molar-refractivity contribution < 1.29 is 4.79 Å². The summed E-state index contributed by atoms with van der Waals surface area (Å²) in [4.78, 5) is 32.1. The maximum absolute atomic E-state index is 12.9. The van der Waals surface area contributed by atoms with E-state index >= 15 is 0 Å². The van der Waals surface area contributed by atoms with Crippen LogP contribution < -0.4 is 5.32 Å². The molecule has 1 aliphatic heterocycles. The van der Waals surface area contributed by atoms with E-state index in [2.05, 4.69) is 25.3 Å². The van der Waals surface area contributed by atoms with E-state index in [1.54, 1.807) is 18.6 Å². The largest absolute Gasteiger partial charge is 0.330 e. The first-order valence-corrected chi connectivity index (χ1v) is 8.95. The maximum atomic E-state index is 12.9. The smallest absolute Gasteiger partial charge is 0.254 e. The number of hydrogen-bond donors (Lipinski definition) is 1. The lowest BCUT2D eigenvalue weighted by Crippen LogP contribution is -2.31. The molecule has 1 aromatic carbocycles. The van der Waals surface area contributed by atoms with Gasteiger partial charge in [0.15, 0.2) is 0 Å². The van der Waals surface area contributed by atoms with Gasteiger partial charge in [0.2, 0.25) is 0 Å². The number of aryl methyl sites for hydroxylation is 1. The molecule has 2 aromatic heterocycles. The number of nitrogens with zero attached hydrogens (tertiary/aromatic N) is 5. The van der Waals surface area contributed by atoms with Crippen molar-refractivity contribution in [2.24, 2.45) is 0 Å². The van der Waals surface area contributed by atoms with Gasteiger partial charge in [-0.25, -0.2) is 15.0 Å². The molecule has 1 atom stereocenters. The molecule has 1 amide bonds. The summed E-state index contributed by atoms with van der Waals surface area (Å²) in [6, 6.07) is 11.2. The van der Waals surface area contributed by atoms with Gasteiger partial charge in [-0.05, 0) is 31.9 Å². The van der Waals surface area contributed by atoms with Crippen LogP contribution in [0, 0.1) is 6.92 Å². The fourth-order valence-electron chi connectivity index (χ4n) is 3.38. The third-order valence-corrected chi connectivity index (χ3v) is 4.55. The lowest BCUT2D eigenvalue weighted by molar-refractivity contribution is 0.0732. The number of nitrogens with one attached hydrogen (secondary N) is 1. The molecule has 0 unspecified atom stereocenters. The van der Waals surface area contributed by atoms with Crippen LogP contribution in [-0.2, 0) is 0 Å². The van der Waals surface area contributed by atoms with Crippen molar-refractivity contribution in [3.05, 3.63) is 72.1 Å². The molecule has 1 N–H and O–H groups in total. The van der Waals surface area contributed by atoms with Crippen molar-refractivity contribution in [3.63, 3.8) is 0 Å². The lowest BCUT2D eigenvalue weighted by Gasteiger charge is -2.25. The predicted molar refractivity (Wildman–Crippen MR) is 102 cm³/mol. The molecule has 27 heavy (non-hydrogen) atoms. The molecule has 3 aromatic rings. The van der Waals surface area contributed by atoms with Gasteiger partial charge in [0.25, 0.3) is 5.91 Å². The molecule has 0 spiro atoms. The molecule has 0 bridgehead atoms. The minimum absolute atomic E-state index is 0.0396. The van der Waals surface area contributed by atoms with Crippen LogP contribution in [0.5, 0.6) is 0 Å². The molecule has 0 aliphatic carbocycles. The van der Waals surface area contributed by atoms with Gasteiger partial charge in [0.05, 0.1) is 17.9 Å². The summed E-state index contributed by atoms with van der Waals surface area (Å²) in [6.45, 7) is 2.58. The van der Waals surface area contributed by atoms with Crippen molar-refractivity contribution >= 4 is 17.5 Å². The van der Waals surface area contributed by atoms with E-state index < -0.39 is 0 Å². The number of aromatic nitrogens is 4. The SMILES string of the molecule is Cc1nc(Nc2cnccn2)cc([C@H]2CCCN2C(=O)c2ccccc2)n1. The summed E-state index contributed by atoms with van der Waals surface area (Å²) < 4.78 is 0. The second-order valence-corrected chi connectivity index (χ2v) is 6.46. The van der Waals surface area contributed by atoms with Gasteiger partial charge in [-0.1, -0.05) is 18.2 Å². The Labute approximate surface area is 157 Å². The molecule has 0 saturated carbocycles. The third-order valence-electron chi connectivity index (χ3n) is 4.55. The van der Waals surface area contributed by atoms with Gasteiger partial charge < -0.3 is 10.2 Å². The summed E-state index contributed by atoms with van der Waals surface area (Å²) in [6.07, 6.45) is 6.72. The minimum atomic E-state index is -0.0539. The molecule has 1 fully saturated rings. The summed E-state index contributed by atoms with van der Waals surface area (Å²) >= 11 is 0. The van der Waals surface area contributed by atoms with E-state index in [4.69, 9.17) is 0 Å². The van der Waals surface area contributed by atoms with Crippen molar-refractivity contribution in [1.82, 2.24) is 24.8 Å². The summed E-state index contributed by atoms with van der Waals surface area (Å²) in [7, 11) is 0. The second kappa shape index (κ2) is 7.49. The molecule has 136 valence electrons. The molecule has 1 saturated heterocycles. The zero-order chi connectivity index (χ0) is 18.6. The van der Waals surface area contributed by atoms with Crippen molar-refractivity contribution in [2.75, 3.05) is 11.9 Å². The van der Waals surface area contributed by atoms with Gasteiger partial charge in [-0.15, -0.1) is 0 Å². The van der Waals surface area contributed by atoms with Crippen LogP contribution in [-0.4, -0.2) is 37.3 Å². The summed E-state index contributed by atoms with van der Waals surface area (Å²) in [5, 5.41) is 3.16. The highest BCUT2D eigenvalue weighted by Crippen LogP contribution is 2.33. The van der Waals surface area contributed by atoms with Crippen LogP contribution >= 0.6 is 0 Å². The average molecular weight is 360 g/mol. The zero-order valence-corrected chi connectivity index (χ0v) is 15.0. The van der Waals surface area contributed by atoms with E-state index in [0.717, 1.165) is 25.1 Å². The first-order chi connectivity index (χ1) is 13.2. The standard InChI is InChI=1S/C20H20N6O/c1-14-23-16(12-18(24-14)25-19-13-21-9-10-22-19)17-8-5-11-26(17)20(27)15-6-3-2-4-7-15/h2-4,6-7,9-10,12-13,17H,5,8,11H2,1H3,(H,22,23,24,25)/t17-/m1/s1. The van der Waals surface area contributed by atoms with E-state index in [1.165, 1.54) is 0 Å². The molecule has 1 aliphatic rings. The molecule has 0 radical (unpaired) electrons. The molecule has 7 nitrogen and oxygen atoms in total. The van der Waals surface area contributed by atoms with Gasteiger partial charge in [0.1, 0.15) is 17.5 Å². The Balaban J connectivity index is 1.61. The number of benzene rings is 1. The van der Waals surface area contributed by atoms with Crippen LogP contribution in [0.25, 0.3) is 0 Å². The average Bonchev–Trinajstić information content (AvgIpc) is 3.18. The lowest BCUT2D eigenvalue weighted by atomic mass is 10.1. The maximum Gasteiger partial charge on any atom is 0.254 e. The van der Waals surface area contributed by atoms with Crippen molar-refractivity contribution in [3.8, 4) is 0 Å². The third kappa shape index (κ3) is 3.76. The second-order valence-electron chi connectivity index (χ2n) is 6.46. The Morgan fingerprint density at radius 2 is 2.00 bits per heavy atom. The normalized spacial score (nSPS) is 16.3. The fraction of sp³-hybridized carbons (Fsp3) is 0.250. The summed E-state index contributed by atoms with van der Waals surface area (Å²) in [5.41, 5.74) is 1.55. The van der Waals surface area contributed by atoms with E-state index in [1.807, 2.05) is 48.2 Å².